The zero-order valence-electron chi connectivity index (χ0n) is 25.2. The first kappa shape index (κ1) is 31.7. The number of thioether (sulfide) groups is 1. The molecule has 0 spiro atoms. The molecule has 0 unspecified atom stereocenters. The zero-order valence-corrected chi connectivity index (χ0v) is 26.0. The lowest BCUT2D eigenvalue weighted by atomic mass is 9.98. The number of aliphatic hydroxyl groups excluding tert-OH is 1. The minimum atomic E-state index is -0.620. The van der Waals surface area contributed by atoms with E-state index in [4.69, 9.17) is 0 Å². The predicted molar refractivity (Wildman–Crippen MR) is 166 cm³/mol. The van der Waals surface area contributed by atoms with Gasteiger partial charge in [0.1, 0.15) is 6.29 Å². The van der Waals surface area contributed by atoms with Crippen LogP contribution in [0, 0.1) is 26.7 Å². The summed E-state index contributed by atoms with van der Waals surface area (Å²) in [5.74, 6) is -0.495. The molecule has 0 radical (unpaired) electrons. The van der Waals surface area contributed by atoms with Gasteiger partial charge < -0.3 is 15.3 Å². The Morgan fingerprint density at radius 2 is 1.81 bits per heavy atom. The van der Waals surface area contributed by atoms with Crippen LogP contribution in [0.15, 0.2) is 47.0 Å². The molecular formula is C33H41N3O5S. The first-order chi connectivity index (χ1) is 19.9. The van der Waals surface area contributed by atoms with E-state index in [0.29, 0.717) is 42.9 Å². The number of rotatable bonds is 10. The lowest BCUT2D eigenvalue weighted by Crippen LogP contribution is -2.39. The Morgan fingerprint density at radius 1 is 1.10 bits per heavy atom. The monoisotopic (exact) mass is 591 g/mol. The molecule has 2 amide bonds. The Hall–Kier alpha value is -3.27. The Kier molecular flexibility index (Phi) is 10.1. The number of carbonyl (C=O) groups excluding carboxylic acids is 4. The van der Waals surface area contributed by atoms with Gasteiger partial charge in [-0.2, -0.15) is 0 Å². The fourth-order valence-electron chi connectivity index (χ4n) is 6.17. The average molecular weight is 592 g/mol. The topological polar surface area (TPSA) is 107 Å². The van der Waals surface area contributed by atoms with Crippen LogP contribution in [0.1, 0.15) is 66.2 Å². The second-order valence-corrected chi connectivity index (χ2v) is 13.1. The molecule has 1 fully saturated rings. The van der Waals surface area contributed by atoms with Crippen LogP contribution in [0.4, 0.5) is 5.69 Å². The van der Waals surface area contributed by atoms with E-state index in [1.807, 2.05) is 6.92 Å². The van der Waals surface area contributed by atoms with E-state index in [-0.39, 0.29) is 29.0 Å². The summed E-state index contributed by atoms with van der Waals surface area (Å²) in [6.07, 6.45) is 1.80. The lowest BCUT2D eigenvalue weighted by Gasteiger charge is -2.28. The van der Waals surface area contributed by atoms with Crippen LogP contribution >= 0.6 is 11.8 Å². The maximum Gasteiger partial charge on any atom is 0.241 e. The highest BCUT2D eigenvalue weighted by Gasteiger charge is 2.44. The lowest BCUT2D eigenvalue weighted by molar-refractivity contribution is -0.130. The number of hydrogen-bond acceptors (Lipinski definition) is 7. The van der Waals surface area contributed by atoms with E-state index in [1.165, 1.54) is 28.5 Å². The van der Waals surface area contributed by atoms with Crippen LogP contribution < -0.4 is 5.32 Å². The third-order valence-corrected chi connectivity index (χ3v) is 9.95. The molecule has 2 aromatic carbocycles. The summed E-state index contributed by atoms with van der Waals surface area (Å²) in [5, 5.41) is 13.1. The van der Waals surface area contributed by atoms with Crippen molar-refractivity contribution in [2.75, 3.05) is 11.9 Å². The number of aryl methyl sites for hydroxylation is 3. The molecule has 0 aliphatic carbocycles. The molecule has 1 saturated heterocycles. The maximum atomic E-state index is 13.7. The quantitative estimate of drug-likeness (QED) is 0.383. The Bertz CT molecular complexity index is 1400. The molecule has 0 bridgehead atoms. The number of allylic oxidation sites excluding steroid dienone is 1. The summed E-state index contributed by atoms with van der Waals surface area (Å²) < 4.78 is 0. The summed E-state index contributed by atoms with van der Waals surface area (Å²) in [6.45, 7) is 12.6. The van der Waals surface area contributed by atoms with Gasteiger partial charge in [-0.15, -0.1) is 11.8 Å². The number of aldehydes is 2. The first-order valence-electron chi connectivity index (χ1n) is 14.4. The third-order valence-electron chi connectivity index (χ3n) is 8.45. The van der Waals surface area contributed by atoms with Crippen LogP contribution in [0.3, 0.4) is 0 Å². The van der Waals surface area contributed by atoms with Crippen LogP contribution in [-0.4, -0.2) is 69.3 Å². The molecular weight excluding hydrogens is 550 g/mol. The second kappa shape index (κ2) is 13.4. The molecule has 0 saturated carbocycles. The number of carbonyl (C=O) groups is 4. The maximum absolute atomic E-state index is 13.7. The SMILES string of the molecule is CC(=O)N1C(C=O)=C(S[C@H]2C[C@@H](C(=O)Nc3cccc(C=O)c3)N(Cc3cc(C)c(C)cc3C)C2)[C@H](C)[C@@H]1C[C@@H](C)O. The molecule has 8 nitrogen and oxygen atoms in total. The number of anilines is 1. The summed E-state index contributed by atoms with van der Waals surface area (Å²) in [4.78, 5) is 54.4. The number of likely N-dealkylation sites (tertiary alicyclic amines) is 1. The van der Waals surface area contributed by atoms with Gasteiger partial charge in [0.15, 0.2) is 6.29 Å². The Morgan fingerprint density at radius 3 is 2.45 bits per heavy atom. The van der Waals surface area contributed by atoms with Crippen molar-refractivity contribution in [3.63, 3.8) is 0 Å². The highest BCUT2D eigenvalue weighted by molar-refractivity contribution is 8.03. The minimum Gasteiger partial charge on any atom is -0.393 e. The van der Waals surface area contributed by atoms with Gasteiger partial charge in [-0.25, -0.2) is 0 Å². The highest BCUT2D eigenvalue weighted by Crippen LogP contribution is 2.45. The molecule has 42 heavy (non-hydrogen) atoms. The molecule has 2 heterocycles. The second-order valence-electron chi connectivity index (χ2n) is 11.7. The van der Waals surface area contributed by atoms with Gasteiger partial charge >= 0.3 is 0 Å². The van der Waals surface area contributed by atoms with Crippen LogP contribution in [-0.2, 0) is 20.9 Å². The van der Waals surface area contributed by atoms with Gasteiger partial charge in [0.2, 0.25) is 11.8 Å². The number of benzene rings is 2. The number of aliphatic hydroxyl groups is 1. The third kappa shape index (κ3) is 6.85. The van der Waals surface area contributed by atoms with Gasteiger partial charge in [0.05, 0.1) is 17.8 Å². The Balaban J connectivity index is 1.63. The number of nitrogens with zero attached hydrogens (tertiary/aromatic N) is 2. The molecule has 2 aromatic rings. The van der Waals surface area contributed by atoms with Gasteiger partial charge in [-0.3, -0.25) is 24.1 Å². The molecule has 4 rings (SSSR count). The van der Waals surface area contributed by atoms with Crippen molar-refractivity contribution in [3.05, 3.63) is 74.8 Å². The van der Waals surface area contributed by atoms with E-state index in [0.717, 1.165) is 23.0 Å². The van der Waals surface area contributed by atoms with Crippen molar-refractivity contribution in [3.8, 4) is 0 Å². The van der Waals surface area contributed by atoms with E-state index in [9.17, 15) is 24.3 Å². The van der Waals surface area contributed by atoms with E-state index in [2.05, 4.69) is 43.1 Å². The van der Waals surface area contributed by atoms with Crippen molar-refractivity contribution >= 4 is 41.8 Å². The van der Waals surface area contributed by atoms with E-state index in [1.54, 1.807) is 43.0 Å². The van der Waals surface area contributed by atoms with Crippen molar-refractivity contribution in [2.45, 2.75) is 84.4 Å². The van der Waals surface area contributed by atoms with E-state index >= 15 is 0 Å². The van der Waals surface area contributed by atoms with Crippen molar-refractivity contribution in [2.24, 2.45) is 5.92 Å². The summed E-state index contributed by atoms with van der Waals surface area (Å²) in [6, 6.07) is 10.5. The zero-order chi connectivity index (χ0) is 30.7. The van der Waals surface area contributed by atoms with Gasteiger partial charge in [0.25, 0.3) is 0 Å². The van der Waals surface area contributed by atoms with E-state index < -0.39 is 12.1 Å². The summed E-state index contributed by atoms with van der Waals surface area (Å²) in [5.41, 5.74) is 6.16. The minimum absolute atomic E-state index is 0.000388. The predicted octanol–water partition coefficient (Wildman–Crippen LogP) is 4.79. The molecule has 2 N–H and O–H groups in total. The van der Waals surface area contributed by atoms with Crippen molar-refractivity contribution in [1.29, 1.82) is 0 Å². The first-order valence-corrected chi connectivity index (χ1v) is 15.3. The largest absolute Gasteiger partial charge is 0.393 e. The summed E-state index contributed by atoms with van der Waals surface area (Å²) in [7, 11) is 0. The highest BCUT2D eigenvalue weighted by atomic mass is 32.2. The van der Waals surface area contributed by atoms with Gasteiger partial charge in [0, 0.05) is 53.4 Å². The molecule has 9 heteroatoms. The fraction of sp³-hybridized carbons (Fsp3) is 0.455. The summed E-state index contributed by atoms with van der Waals surface area (Å²) >= 11 is 1.57. The number of amides is 2. The average Bonchev–Trinajstić information content (AvgIpc) is 3.45. The van der Waals surface area contributed by atoms with Gasteiger partial charge in [-0.05, 0) is 74.9 Å². The standard InChI is InChI=1S/C33H41N3O5S/c1-19-10-21(3)26(11-20(19)2)15-35-16-28(14-30(35)33(41)34-27-9-7-8-25(13-27)17-37)42-32-23(5)29(12-22(4)39)36(24(6)40)31(32)18-38/h7-11,13,17-18,22-23,28-30,39H,12,14-16H2,1-6H3,(H,34,41)/t22-,23-,28+,29+,30+/m1/s1. The molecule has 224 valence electrons. The van der Waals surface area contributed by atoms with Crippen molar-refractivity contribution in [1.82, 2.24) is 9.80 Å². The van der Waals surface area contributed by atoms with Crippen LogP contribution in [0.25, 0.3) is 0 Å². The van der Waals surface area contributed by atoms with Crippen molar-refractivity contribution < 1.29 is 24.3 Å². The smallest absolute Gasteiger partial charge is 0.241 e. The Labute approximate surface area is 252 Å². The molecule has 5 atom stereocenters. The molecule has 2 aliphatic heterocycles. The fourth-order valence-corrected chi connectivity index (χ4v) is 7.71. The normalized spacial score (nSPS) is 23.3. The molecule has 2 aliphatic rings. The van der Waals surface area contributed by atoms with Crippen LogP contribution in [0.2, 0.25) is 0 Å². The number of hydrogen-bond donors (Lipinski definition) is 2. The van der Waals surface area contributed by atoms with Gasteiger partial charge in [-0.1, -0.05) is 31.2 Å². The number of nitrogens with one attached hydrogen (secondary N) is 1. The van der Waals surface area contributed by atoms with Crippen LogP contribution in [0.5, 0.6) is 0 Å². The molecule has 0 aromatic heterocycles.